The molecule has 0 radical (unpaired) electrons. The maximum Gasteiger partial charge on any atom is 0.227 e. The summed E-state index contributed by atoms with van der Waals surface area (Å²) in [7, 11) is 0. The van der Waals surface area contributed by atoms with Gasteiger partial charge >= 0.3 is 0 Å². The molecule has 0 spiro atoms. The van der Waals surface area contributed by atoms with Crippen LogP contribution in [-0.4, -0.2) is 62.8 Å². The number of hydrogen-bond donors (Lipinski definition) is 2. The summed E-state index contributed by atoms with van der Waals surface area (Å²) >= 11 is 3.49. The maximum atomic E-state index is 9.36. The Labute approximate surface area is 214 Å². The molecular formula is C25H31BrN8O. The highest BCUT2D eigenvalue weighted by Crippen LogP contribution is 2.30. The van der Waals surface area contributed by atoms with Gasteiger partial charge in [-0.25, -0.2) is 4.98 Å². The summed E-state index contributed by atoms with van der Waals surface area (Å²) in [5.41, 5.74) is 2.83. The number of halogens is 1. The second-order valence-corrected chi connectivity index (χ2v) is 10.5. The monoisotopic (exact) mass is 538 g/mol. The van der Waals surface area contributed by atoms with Crippen molar-refractivity contribution in [3.63, 3.8) is 0 Å². The van der Waals surface area contributed by atoms with E-state index in [1.54, 1.807) is 12.1 Å². The molecule has 0 bridgehead atoms. The molecule has 2 aromatic heterocycles. The fourth-order valence-corrected chi connectivity index (χ4v) is 5.51. The molecule has 0 unspecified atom stereocenters. The second kappa shape index (κ2) is 10.5. The summed E-state index contributed by atoms with van der Waals surface area (Å²) in [6.45, 7) is 8.01. The molecule has 9 nitrogen and oxygen atoms in total. The molecule has 1 aliphatic carbocycles. The number of imidazole rings is 1. The summed E-state index contributed by atoms with van der Waals surface area (Å²) in [5, 5.41) is 16.3. The number of rotatable bonds is 6. The molecule has 1 aliphatic heterocycles. The van der Waals surface area contributed by atoms with Crippen molar-refractivity contribution in [2.45, 2.75) is 57.7 Å². The Morgan fingerprint density at radius 2 is 1.89 bits per heavy atom. The van der Waals surface area contributed by atoms with Gasteiger partial charge in [0.2, 0.25) is 5.95 Å². The molecule has 2 fully saturated rings. The van der Waals surface area contributed by atoms with Crippen LogP contribution in [0.5, 0.6) is 0 Å². The topological polar surface area (TPSA) is 104 Å². The number of nitriles is 1. The van der Waals surface area contributed by atoms with Crippen molar-refractivity contribution < 1.29 is 4.74 Å². The molecule has 10 heteroatoms. The number of aromatic nitrogens is 4. The van der Waals surface area contributed by atoms with Gasteiger partial charge in [0.25, 0.3) is 0 Å². The highest BCUT2D eigenvalue weighted by atomic mass is 79.9. The van der Waals surface area contributed by atoms with E-state index in [1.165, 1.54) is 12.8 Å². The second-order valence-electron chi connectivity index (χ2n) is 9.58. The predicted molar refractivity (Wildman–Crippen MR) is 140 cm³/mol. The summed E-state index contributed by atoms with van der Waals surface area (Å²) in [5.74, 6) is 1.23. The van der Waals surface area contributed by atoms with Crippen LogP contribution in [0, 0.1) is 11.3 Å². The fraction of sp³-hybridized carbons (Fsp3) is 0.520. The van der Waals surface area contributed by atoms with Gasteiger partial charge in [-0.3, -0.25) is 4.90 Å². The number of anilines is 3. The van der Waals surface area contributed by atoms with E-state index in [0.717, 1.165) is 55.0 Å². The van der Waals surface area contributed by atoms with E-state index in [2.05, 4.69) is 60.9 Å². The first-order valence-electron chi connectivity index (χ1n) is 12.3. The van der Waals surface area contributed by atoms with Crippen molar-refractivity contribution in [2.75, 3.05) is 36.9 Å². The van der Waals surface area contributed by atoms with Crippen molar-refractivity contribution in [2.24, 2.45) is 0 Å². The lowest BCUT2D eigenvalue weighted by atomic mass is 9.90. The first kappa shape index (κ1) is 24.0. The van der Waals surface area contributed by atoms with Gasteiger partial charge < -0.3 is 19.9 Å². The molecule has 1 saturated heterocycles. The number of benzene rings is 1. The zero-order valence-corrected chi connectivity index (χ0v) is 21.8. The van der Waals surface area contributed by atoms with Crippen molar-refractivity contribution >= 4 is 44.5 Å². The Bertz CT molecular complexity index is 1220. The van der Waals surface area contributed by atoms with E-state index < -0.39 is 0 Å². The van der Waals surface area contributed by atoms with Crippen molar-refractivity contribution in [1.29, 1.82) is 5.26 Å². The van der Waals surface area contributed by atoms with E-state index in [1.807, 2.05) is 12.4 Å². The Morgan fingerprint density at radius 1 is 1.11 bits per heavy atom. The Morgan fingerprint density at radius 3 is 2.60 bits per heavy atom. The standard InChI is InChI=1S/C25H31BrN8O/c1-16(2)34-15-28-22-23(29-20-12-17(14-27)11-18(26)13-20)31-25(32-24(22)34)30-19-3-5-21(6-4-19)33-7-9-35-10-8-33/h11-13,15-16,19,21H,3-10H2,1-2H3,(H2,29,30,31,32). The Hall–Kier alpha value is -2.74. The zero-order valence-electron chi connectivity index (χ0n) is 20.2. The van der Waals surface area contributed by atoms with Crippen molar-refractivity contribution in [3.8, 4) is 6.07 Å². The van der Waals surface area contributed by atoms with Crippen LogP contribution in [0.2, 0.25) is 0 Å². The minimum Gasteiger partial charge on any atom is -0.379 e. The van der Waals surface area contributed by atoms with Crippen LogP contribution in [0.25, 0.3) is 11.2 Å². The highest BCUT2D eigenvalue weighted by molar-refractivity contribution is 9.10. The normalized spacial score (nSPS) is 21.2. The summed E-state index contributed by atoms with van der Waals surface area (Å²) < 4.78 is 8.40. The molecular weight excluding hydrogens is 508 g/mol. The third kappa shape index (κ3) is 5.42. The first-order chi connectivity index (χ1) is 17.0. The lowest BCUT2D eigenvalue weighted by molar-refractivity contribution is 0.00790. The number of nitrogens with zero attached hydrogens (tertiary/aromatic N) is 6. The molecule has 0 atom stereocenters. The van der Waals surface area contributed by atoms with Crippen molar-refractivity contribution in [1.82, 2.24) is 24.4 Å². The van der Waals surface area contributed by atoms with E-state index in [-0.39, 0.29) is 6.04 Å². The fourth-order valence-electron chi connectivity index (χ4n) is 5.02. The smallest absolute Gasteiger partial charge is 0.227 e. The third-order valence-corrected chi connectivity index (χ3v) is 7.32. The van der Waals surface area contributed by atoms with Gasteiger partial charge in [0.05, 0.1) is 31.2 Å². The van der Waals surface area contributed by atoms with Crippen LogP contribution in [0.4, 0.5) is 17.5 Å². The molecule has 3 heterocycles. The van der Waals surface area contributed by atoms with Crippen LogP contribution in [-0.2, 0) is 4.74 Å². The number of hydrogen-bond acceptors (Lipinski definition) is 8. The summed E-state index contributed by atoms with van der Waals surface area (Å²) in [6, 6.07) is 8.91. The minimum absolute atomic E-state index is 0.218. The lowest BCUT2D eigenvalue weighted by Gasteiger charge is -2.38. The van der Waals surface area contributed by atoms with Gasteiger partial charge in [0.15, 0.2) is 17.0 Å². The van der Waals surface area contributed by atoms with Gasteiger partial charge in [-0.1, -0.05) is 15.9 Å². The van der Waals surface area contributed by atoms with Crippen LogP contribution in [0.15, 0.2) is 29.0 Å². The largest absolute Gasteiger partial charge is 0.379 e. The first-order valence-corrected chi connectivity index (χ1v) is 13.1. The molecule has 3 aromatic rings. The number of fused-ring (bicyclic) bond motifs is 1. The molecule has 184 valence electrons. The van der Waals surface area contributed by atoms with E-state index in [4.69, 9.17) is 14.7 Å². The number of ether oxygens (including phenoxy) is 1. The van der Waals surface area contributed by atoms with E-state index in [0.29, 0.717) is 34.9 Å². The number of morpholine rings is 1. The molecule has 2 aliphatic rings. The average Bonchev–Trinajstić information content (AvgIpc) is 3.29. The van der Waals surface area contributed by atoms with Crippen LogP contribution >= 0.6 is 15.9 Å². The molecule has 1 saturated carbocycles. The van der Waals surface area contributed by atoms with Crippen molar-refractivity contribution in [3.05, 3.63) is 34.6 Å². The predicted octanol–water partition coefficient (Wildman–Crippen LogP) is 4.84. The lowest BCUT2D eigenvalue weighted by Crippen LogP contribution is -2.46. The summed E-state index contributed by atoms with van der Waals surface area (Å²) in [6.07, 6.45) is 6.33. The van der Waals surface area contributed by atoms with Gasteiger partial charge in [-0.15, -0.1) is 0 Å². The van der Waals surface area contributed by atoms with Gasteiger partial charge in [0, 0.05) is 41.4 Å². The Kier molecular flexibility index (Phi) is 7.18. The average molecular weight is 539 g/mol. The molecule has 35 heavy (non-hydrogen) atoms. The molecule has 1 aromatic carbocycles. The molecule has 2 N–H and O–H groups in total. The third-order valence-electron chi connectivity index (χ3n) is 6.86. The van der Waals surface area contributed by atoms with Crippen LogP contribution < -0.4 is 10.6 Å². The van der Waals surface area contributed by atoms with Gasteiger partial charge in [0.1, 0.15) is 0 Å². The minimum atomic E-state index is 0.218. The number of nitrogens with one attached hydrogen (secondary N) is 2. The van der Waals surface area contributed by atoms with Gasteiger partial charge in [-0.2, -0.15) is 15.2 Å². The van der Waals surface area contributed by atoms with E-state index in [9.17, 15) is 5.26 Å². The van der Waals surface area contributed by atoms with Crippen LogP contribution in [0.3, 0.4) is 0 Å². The molecule has 0 amide bonds. The zero-order chi connectivity index (χ0) is 24.4. The highest BCUT2D eigenvalue weighted by Gasteiger charge is 2.27. The SMILES string of the molecule is CC(C)n1cnc2c(Nc3cc(Br)cc(C#N)c3)nc(NC3CCC(N4CCOCC4)CC3)nc21. The maximum absolute atomic E-state index is 9.36. The van der Waals surface area contributed by atoms with Crippen LogP contribution in [0.1, 0.15) is 51.1 Å². The Balaban J connectivity index is 1.38. The quantitative estimate of drug-likeness (QED) is 0.459. The van der Waals surface area contributed by atoms with E-state index >= 15 is 0 Å². The summed E-state index contributed by atoms with van der Waals surface area (Å²) in [4.78, 5) is 16.9. The van der Waals surface area contributed by atoms with Gasteiger partial charge in [-0.05, 0) is 57.7 Å². The molecule has 5 rings (SSSR count).